The number of hydrogen-bond acceptors (Lipinski definition) is 4. The van der Waals surface area contributed by atoms with Gasteiger partial charge in [0.05, 0.1) is 4.90 Å². The van der Waals surface area contributed by atoms with Crippen LogP contribution in [0.2, 0.25) is 0 Å². The van der Waals surface area contributed by atoms with Crippen LogP contribution in [0.5, 0.6) is 0 Å². The average molecular weight is 377 g/mol. The highest BCUT2D eigenvalue weighted by Crippen LogP contribution is 2.30. The monoisotopic (exact) mass is 376 g/mol. The first-order valence-corrected chi connectivity index (χ1v) is 10.9. The van der Waals surface area contributed by atoms with Gasteiger partial charge in [0.25, 0.3) is 5.91 Å². The Bertz CT molecular complexity index is 869. The van der Waals surface area contributed by atoms with Crippen molar-refractivity contribution in [2.45, 2.75) is 49.2 Å². The Morgan fingerprint density at radius 1 is 1.20 bits per heavy atom. The van der Waals surface area contributed by atoms with E-state index in [2.05, 4.69) is 4.72 Å². The second kappa shape index (κ2) is 6.55. The van der Waals surface area contributed by atoms with Crippen LogP contribution >= 0.6 is 11.3 Å². The summed E-state index contributed by atoms with van der Waals surface area (Å²) in [6, 6.07) is 8.71. The van der Waals surface area contributed by atoms with Crippen molar-refractivity contribution in [1.82, 2.24) is 9.62 Å². The van der Waals surface area contributed by atoms with Gasteiger partial charge >= 0.3 is 0 Å². The van der Waals surface area contributed by atoms with E-state index in [9.17, 15) is 13.2 Å². The molecule has 0 bridgehead atoms. The first-order chi connectivity index (χ1) is 12.0. The zero-order valence-electron chi connectivity index (χ0n) is 13.7. The lowest BCUT2D eigenvalue weighted by Gasteiger charge is -2.22. The molecule has 7 heteroatoms. The van der Waals surface area contributed by atoms with Crippen LogP contribution in [0.25, 0.3) is 0 Å². The van der Waals surface area contributed by atoms with E-state index >= 15 is 0 Å². The van der Waals surface area contributed by atoms with Gasteiger partial charge in [0.1, 0.15) is 0 Å². The molecule has 2 aliphatic carbocycles. The zero-order valence-corrected chi connectivity index (χ0v) is 15.4. The number of carbonyl (C=O) groups is 1. The number of hydrogen-bond donors (Lipinski definition) is 1. The molecule has 2 aliphatic rings. The fourth-order valence-electron chi connectivity index (χ4n) is 2.78. The van der Waals surface area contributed by atoms with Crippen LogP contribution < -0.4 is 4.72 Å². The highest BCUT2D eigenvalue weighted by Gasteiger charge is 2.34. The summed E-state index contributed by atoms with van der Waals surface area (Å²) in [4.78, 5) is 15.0. The standard InChI is InChI=1S/C18H20N2O3S2/c21-18(20(16-6-7-16)11-13-8-9-24-12-13)14-2-1-3-17(10-14)25(22,23)19-15-4-5-15/h1-3,8-10,12,15-16,19H,4-7,11H2. The van der Waals surface area contributed by atoms with Gasteiger partial charge in [-0.1, -0.05) is 6.07 Å². The smallest absolute Gasteiger partial charge is 0.254 e. The van der Waals surface area contributed by atoms with Crippen LogP contribution in [0.1, 0.15) is 41.6 Å². The molecule has 1 aromatic carbocycles. The summed E-state index contributed by atoms with van der Waals surface area (Å²) < 4.78 is 27.5. The van der Waals surface area contributed by atoms with Crippen molar-refractivity contribution in [3.63, 3.8) is 0 Å². The van der Waals surface area contributed by atoms with Gasteiger partial charge in [-0.15, -0.1) is 0 Å². The molecule has 4 rings (SSSR count). The van der Waals surface area contributed by atoms with Crippen LogP contribution in [-0.4, -0.2) is 31.3 Å². The number of amides is 1. The van der Waals surface area contributed by atoms with Crippen molar-refractivity contribution in [2.24, 2.45) is 0 Å². The molecule has 0 aliphatic heterocycles. The fourth-order valence-corrected chi connectivity index (χ4v) is 4.79. The first-order valence-electron chi connectivity index (χ1n) is 8.47. The van der Waals surface area contributed by atoms with Crippen molar-refractivity contribution in [1.29, 1.82) is 0 Å². The van der Waals surface area contributed by atoms with Crippen LogP contribution in [-0.2, 0) is 16.6 Å². The minimum atomic E-state index is -3.55. The van der Waals surface area contributed by atoms with Crippen molar-refractivity contribution in [3.05, 3.63) is 52.2 Å². The number of sulfonamides is 1. The summed E-state index contributed by atoms with van der Waals surface area (Å²) in [5.41, 5.74) is 1.55. The van der Waals surface area contributed by atoms with Gasteiger partial charge in [-0.2, -0.15) is 11.3 Å². The lowest BCUT2D eigenvalue weighted by Crippen LogP contribution is -2.32. The van der Waals surface area contributed by atoms with E-state index in [-0.39, 0.29) is 22.9 Å². The van der Waals surface area contributed by atoms with Gasteiger partial charge in [-0.3, -0.25) is 4.79 Å². The normalized spacial score (nSPS) is 17.4. The first kappa shape index (κ1) is 16.8. The molecular formula is C18H20N2O3S2. The summed E-state index contributed by atoms with van der Waals surface area (Å²) in [5, 5.41) is 4.05. The van der Waals surface area contributed by atoms with Crippen LogP contribution in [0.3, 0.4) is 0 Å². The number of nitrogens with one attached hydrogen (secondary N) is 1. The molecular weight excluding hydrogens is 356 g/mol. The van der Waals surface area contributed by atoms with E-state index < -0.39 is 10.0 Å². The van der Waals surface area contributed by atoms with Crippen molar-refractivity contribution < 1.29 is 13.2 Å². The Morgan fingerprint density at radius 2 is 2.00 bits per heavy atom. The van der Waals surface area contributed by atoms with Crippen molar-refractivity contribution in [3.8, 4) is 0 Å². The maximum Gasteiger partial charge on any atom is 0.254 e. The molecule has 1 amide bonds. The Kier molecular flexibility index (Phi) is 4.39. The van der Waals surface area contributed by atoms with Crippen molar-refractivity contribution in [2.75, 3.05) is 0 Å². The lowest BCUT2D eigenvalue weighted by molar-refractivity contribution is 0.0730. The highest BCUT2D eigenvalue weighted by atomic mass is 32.2. The molecule has 0 saturated heterocycles. The van der Waals surface area contributed by atoms with Gasteiger partial charge in [0, 0.05) is 24.2 Å². The maximum atomic E-state index is 13.0. The Hall–Kier alpha value is -1.70. The second-order valence-electron chi connectivity index (χ2n) is 6.72. The quantitative estimate of drug-likeness (QED) is 0.808. The van der Waals surface area contributed by atoms with E-state index in [1.165, 1.54) is 6.07 Å². The lowest BCUT2D eigenvalue weighted by atomic mass is 10.2. The SMILES string of the molecule is O=C(c1cccc(S(=O)(=O)NC2CC2)c1)N(Cc1ccsc1)C1CC1. The third-order valence-electron chi connectivity index (χ3n) is 4.47. The molecule has 2 fully saturated rings. The average Bonchev–Trinajstić information content (AvgIpc) is 3.53. The number of nitrogens with zero attached hydrogens (tertiary/aromatic N) is 1. The van der Waals surface area contributed by atoms with Crippen LogP contribution in [0.15, 0.2) is 46.0 Å². The molecule has 0 unspecified atom stereocenters. The molecule has 1 heterocycles. The molecule has 0 atom stereocenters. The largest absolute Gasteiger partial charge is 0.331 e. The summed E-state index contributed by atoms with van der Waals surface area (Å²) in [7, 11) is -3.55. The van der Waals surface area contributed by atoms with Crippen molar-refractivity contribution >= 4 is 27.3 Å². The molecule has 1 N–H and O–H groups in total. The molecule has 0 spiro atoms. The molecule has 132 valence electrons. The van der Waals surface area contributed by atoms with Gasteiger partial charge in [0.15, 0.2) is 0 Å². The topological polar surface area (TPSA) is 66.5 Å². The summed E-state index contributed by atoms with van der Waals surface area (Å²) in [6.07, 6.45) is 3.79. The highest BCUT2D eigenvalue weighted by molar-refractivity contribution is 7.89. The molecule has 5 nitrogen and oxygen atoms in total. The van der Waals surface area contributed by atoms with Gasteiger partial charge in [-0.05, 0) is 66.3 Å². The Labute approximate surface area is 151 Å². The maximum absolute atomic E-state index is 13.0. The Morgan fingerprint density at radius 3 is 2.64 bits per heavy atom. The number of benzene rings is 1. The van der Waals surface area contributed by atoms with E-state index in [4.69, 9.17) is 0 Å². The minimum absolute atomic E-state index is 0.0471. The number of rotatable bonds is 7. The summed E-state index contributed by atoms with van der Waals surface area (Å²) >= 11 is 1.61. The predicted molar refractivity (Wildman–Crippen MR) is 97.0 cm³/mol. The third kappa shape index (κ3) is 3.94. The van der Waals surface area contributed by atoms with Gasteiger partial charge in [-0.25, -0.2) is 13.1 Å². The fraction of sp³-hybridized carbons (Fsp3) is 0.389. The summed E-state index contributed by atoms with van der Waals surface area (Å²) in [6.45, 7) is 0.574. The van der Waals surface area contributed by atoms with E-state index in [0.717, 1.165) is 31.2 Å². The second-order valence-corrected chi connectivity index (χ2v) is 9.21. The predicted octanol–water partition coefficient (Wildman–Crippen LogP) is 2.99. The molecule has 1 aromatic heterocycles. The number of thiophene rings is 1. The van der Waals surface area contributed by atoms with E-state index in [1.807, 2.05) is 21.7 Å². The molecule has 25 heavy (non-hydrogen) atoms. The minimum Gasteiger partial charge on any atom is -0.331 e. The van der Waals surface area contributed by atoms with E-state index in [1.54, 1.807) is 29.5 Å². The van der Waals surface area contributed by atoms with E-state index in [0.29, 0.717) is 12.1 Å². The van der Waals surface area contributed by atoms with Gasteiger partial charge in [0.2, 0.25) is 10.0 Å². The number of carbonyl (C=O) groups excluding carboxylic acids is 1. The molecule has 2 aromatic rings. The zero-order chi connectivity index (χ0) is 17.4. The van der Waals surface area contributed by atoms with Crippen LogP contribution in [0.4, 0.5) is 0 Å². The third-order valence-corrected chi connectivity index (χ3v) is 6.72. The molecule has 2 saturated carbocycles. The van der Waals surface area contributed by atoms with Gasteiger partial charge < -0.3 is 4.90 Å². The molecule has 0 radical (unpaired) electrons. The Balaban J connectivity index is 1.57. The summed E-state index contributed by atoms with van der Waals surface area (Å²) in [5.74, 6) is -0.0998. The van der Waals surface area contributed by atoms with Crippen LogP contribution in [0, 0.1) is 0 Å².